The van der Waals surface area contributed by atoms with Gasteiger partial charge in [-0.3, -0.25) is 4.79 Å². The fourth-order valence-corrected chi connectivity index (χ4v) is 2.39. The summed E-state index contributed by atoms with van der Waals surface area (Å²) >= 11 is 0. The van der Waals surface area contributed by atoms with E-state index in [-0.39, 0.29) is 17.2 Å². The van der Waals surface area contributed by atoms with Gasteiger partial charge in [-0.05, 0) is 38.4 Å². The summed E-state index contributed by atoms with van der Waals surface area (Å²) in [6, 6.07) is 3.80. The standard InChI is InChI=1S/C14H19FN2O2/c1-2-17(9-11-4-3-7-16-11)14(19)12-6-5-10(15)8-13(12)18/h5-6,8,11,16,18H,2-4,7,9H2,1H3. The lowest BCUT2D eigenvalue weighted by Crippen LogP contribution is -2.41. The summed E-state index contributed by atoms with van der Waals surface area (Å²) in [5, 5.41) is 13.0. The normalized spacial score (nSPS) is 18.5. The second-order valence-electron chi connectivity index (χ2n) is 4.80. The monoisotopic (exact) mass is 266 g/mol. The van der Waals surface area contributed by atoms with Gasteiger partial charge in [-0.1, -0.05) is 0 Å². The van der Waals surface area contributed by atoms with Crippen LogP contribution in [-0.4, -0.2) is 41.6 Å². The maximum Gasteiger partial charge on any atom is 0.257 e. The molecule has 104 valence electrons. The van der Waals surface area contributed by atoms with Crippen LogP contribution in [0.25, 0.3) is 0 Å². The van der Waals surface area contributed by atoms with Crippen molar-refractivity contribution < 1.29 is 14.3 Å². The van der Waals surface area contributed by atoms with Gasteiger partial charge in [0.25, 0.3) is 5.91 Å². The quantitative estimate of drug-likeness (QED) is 0.873. The van der Waals surface area contributed by atoms with E-state index in [0.717, 1.165) is 25.5 Å². The number of aromatic hydroxyl groups is 1. The molecule has 4 nitrogen and oxygen atoms in total. The van der Waals surface area contributed by atoms with E-state index < -0.39 is 5.82 Å². The van der Waals surface area contributed by atoms with Gasteiger partial charge < -0.3 is 15.3 Å². The smallest absolute Gasteiger partial charge is 0.257 e. The van der Waals surface area contributed by atoms with Crippen LogP contribution < -0.4 is 5.32 Å². The summed E-state index contributed by atoms with van der Waals surface area (Å²) in [4.78, 5) is 14.0. The third-order valence-corrected chi connectivity index (χ3v) is 3.46. The Hall–Kier alpha value is -1.62. The predicted octanol–water partition coefficient (Wildman–Crippen LogP) is 1.75. The van der Waals surface area contributed by atoms with Crippen LogP contribution >= 0.6 is 0 Å². The Balaban J connectivity index is 2.10. The van der Waals surface area contributed by atoms with Crippen LogP contribution in [0.4, 0.5) is 4.39 Å². The average molecular weight is 266 g/mol. The van der Waals surface area contributed by atoms with Crippen molar-refractivity contribution in [3.05, 3.63) is 29.6 Å². The van der Waals surface area contributed by atoms with Crippen LogP contribution in [-0.2, 0) is 0 Å². The molecule has 0 bridgehead atoms. The first-order valence-electron chi connectivity index (χ1n) is 6.63. The number of amides is 1. The van der Waals surface area contributed by atoms with Gasteiger partial charge >= 0.3 is 0 Å². The Labute approximate surface area is 112 Å². The number of likely N-dealkylation sites (N-methyl/N-ethyl adjacent to an activating group) is 1. The number of hydrogen-bond donors (Lipinski definition) is 2. The van der Waals surface area contributed by atoms with Crippen molar-refractivity contribution in [2.75, 3.05) is 19.6 Å². The molecule has 1 aromatic carbocycles. The van der Waals surface area contributed by atoms with E-state index in [1.54, 1.807) is 4.90 Å². The van der Waals surface area contributed by atoms with E-state index in [1.165, 1.54) is 12.1 Å². The summed E-state index contributed by atoms with van der Waals surface area (Å²) in [6.07, 6.45) is 2.18. The molecule has 0 saturated carbocycles. The molecule has 2 rings (SSSR count). The molecule has 19 heavy (non-hydrogen) atoms. The molecule has 1 aliphatic heterocycles. The molecule has 0 spiro atoms. The van der Waals surface area contributed by atoms with Gasteiger partial charge in [-0.2, -0.15) is 0 Å². The van der Waals surface area contributed by atoms with Crippen LogP contribution in [0.2, 0.25) is 0 Å². The molecule has 1 atom stereocenters. The number of phenols is 1. The third kappa shape index (κ3) is 3.23. The highest BCUT2D eigenvalue weighted by molar-refractivity contribution is 5.96. The highest BCUT2D eigenvalue weighted by Gasteiger charge is 2.23. The molecule has 1 unspecified atom stereocenters. The Kier molecular flexibility index (Phi) is 4.37. The zero-order valence-corrected chi connectivity index (χ0v) is 11.0. The van der Waals surface area contributed by atoms with Crippen molar-refractivity contribution in [3.63, 3.8) is 0 Å². The van der Waals surface area contributed by atoms with Gasteiger partial charge in [0.05, 0.1) is 5.56 Å². The minimum absolute atomic E-state index is 0.154. The molecule has 0 aromatic heterocycles. The number of phenolic OH excluding ortho intramolecular Hbond substituents is 1. The molecule has 1 aromatic rings. The molecule has 0 aliphatic carbocycles. The van der Waals surface area contributed by atoms with Gasteiger partial charge in [0.15, 0.2) is 0 Å². The molecule has 2 N–H and O–H groups in total. The van der Waals surface area contributed by atoms with Crippen LogP contribution in [0, 0.1) is 5.82 Å². The van der Waals surface area contributed by atoms with Crippen LogP contribution in [0.15, 0.2) is 18.2 Å². The van der Waals surface area contributed by atoms with E-state index in [9.17, 15) is 14.3 Å². The minimum atomic E-state index is -0.547. The molecule has 1 heterocycles. The summed E-state index contributed by atoms with van der Waals surface area (Å²) in [6.45, 7) is 4.06. The second-order valence-corrected chi connectivity index (χ2v) is 4.80. The van der Waals surface area contributed by atoms with Crippen molar-refractivity contribution in [1.29, 1.82) is 0 Å². The van der Waals surface area contributed by atoms with Crippen molar-refractivity contribution >= 4 is 5.91 Å². The van der Waals surface area contributed by atoms with Gasteiger partial charge in [-0.15, -0.1) is 0 Å². The summed E-state index contributed by atoms with van der Waals surface area (Å²) in [5.74, 6) is -1.11. The Morgan fingerprint density at radius 1 is 1.58 bits per heavy atom. The van der Waals surface area contributed by atoms with Gasteiger partial charge in [0, 0.05) is 25.2 Å². The first-order chi connectivity index (χ1) is 9.11. The zero-order chi connectivity index (χ0) is 13.8. The number of hydrogen-bond acceptors (Lipinski definition) is 3. The van der Waals surface area contributed by atoms with Gasteiger partial charge in [0.2, 0.25) is 0 Å². The fourth-order valence-electron chi connectivity index (χ4n) is 2.39. The van der Waals surface area contributed by atoms with E-state index in [0.29, 0.717) is 19.1 Å². The first-order valence-corrected chi connectivity index (χ1v) is 6.63. The highest BCUT2D eigenvalue weighted by Crippen LogP contribution is 2.20. The molecule has 1 saturated heterocycles. The van der Waals surface area contributed by atoms with Crippen molar-refractivity contribution in [3.8, 4) is 5.75 Å². The number of carbonyl (C=O) groups is 1. The van der Waals surface area contributed by atoms with Crippen molar-refractivity contribution in [2.45, 2.75) is 25.8 Å². The second kappa shape index (κ2) is 6.02. The SMILES string of the molecule is CCN(CC1CCCN1)C(=O)c1ccc(F)cc1O. The summed E-state index contributed by atoms with van der Waals surface area (Å²) in [5.41, 5.74) is 0.154. The molecule has 1 fully saturated rings. The van der Waals surface area contributed by atoms with Gasteiger partial charge in [0.1, 0.15) is 11.6 Å². The molecule has 5 heteroatoms. The summed E-state index contributed by atoms with van der Waals surface area (Å²) < 4.78 is 12.9. The van der Waals surface area contributed by atoms with E-state index in [4.69, 9.17) is 0 Å². The molecular weight excluding hydrogens is 247 g/mol. The van der Waals surface area contributed by atoms with Crippen molar-refractivity contribution in [1.82, 2.24) is 10.2 Å². The lowest BCUT2D eigenvalue weighted by Gasteiger charge is -2.24. The van der Waals surface area contributed by atoms with E-state index in [1.807, 2.05) is 6.92 Å². The first kappa shape index (κ1) is 13.8. The average Bonchev–Trinajstić information content (AvgIpc) is 2.88. The Morgan fingerprint density at radius 2 is 2.37 bits per heavy atom. The number of nitrogens with zero attached hydrogens (tertiary/aromatic N) is 1. The van der Waals surface area contributed by atoms with E-state index >= 15 is 0 Å². The largest absolute Gasteiger partial charge is 0.507 e. The zero-order valence-electron chi connectivity index (χ0n) is 11.0. The Bertz CT molecular complexity index is 459. The summed E-state index contributed by atoms with van der Waals surface area (Å²) in [7, 11) is 0. The number of benzene rings is 1. The minimum Gasteiger partial charge on any atom is -0.507 e. The van der Waals surface area contributed by atoms with Gasteiger partial charge in [-0.25, -0.2) is 4.39 Å². The molecule has 1 aliphatic rings. The van der Waals surface area contributed by atoms with E-state index in [2.05, 4.69) is 5.32 Å². The number of nitrogens with one attached hydrogen (secondary N) is 1. The van der Waals surface area contributed by atoms with Crippen LogP contribution in [0.3, 0.4) is 0 Å². The van der Waals surface area contributed by atoms with Crippen molar-refractivity contribution in [2.24, 2.45) is 0 Å². The third-order valence-electron chi connectivity index (χ3n) is 3.46. The maximum absolute atomic E-state index is 12.9. The topological polar surface area (TPSA) is 52.6 Å². The Morgan fingerprint density at radius 3 is 2.95 bits per heavy atom. The van der Waals surface area contributed by atoms with Crippen LogP contribution in [0.5, 0.6) is 5.75 Å². The lowest BCUT2D eigenvalue weighted by molar-refractivity contribution is 0.0748. The number of carbonyl (C=O) groups excluding carboxylic acids is 1. The number of rotatable bonds is 4. The fraction of sp³-hybridized carbons (Fsp3) is 0.500. The number of halogens is 1. The highest BCUT2D eigenvalue weighted by atomic mass is 19.1. The molecular formula is C14H19FN2O2. The van der Waals surface area contributed by atoms with Crippen LogP contribution in [0.1, 0.15) is 30.1 Å². The molecule has 1 amide bonds. The molecule has 0 radical (unpaired) electrons. The maximum atomic E-state index is 12.9. The predicted molar refractivity (Wildman–Crippen MR) is 70.7 cm³/mol. The lowest BCUT2D eigenvalue weighted by atomic mass is 10.1.